The second-order valence-corrected chi connectivity index (χ2v) is 6.27. The lowest BCUT2D eigenvalue weighted by Gasteiger charge is -2.12. The summed E-state index contributed by atoms with van der Waals surface area (Å²) in [6.07, 6.45) is 0.291. The highest BCUT2D eigenvalue weighted by molar-refractivity contribution is 14.1. The third-order valence-electron chi connectivity index (χ3n) is 2.68. The van der Waals surface area contributed by atoms with Gasteiger partial charge in [-0.2, -0.15) is 0 Å². The van der Waals surface area contributed by atoms with Crippen LogP contribution in [-0.4, -0.2) is 0 Å². The molecule has 0 aliphatic heterocycles. The molecule has 0 saturated carbocycles. The first-order chi connectivity index (χ1) is 8.58. The number of hydrogen-bond acceptors (Lipinski definition) is 0. The monoisotopic (exact) mass is 422 g/mol. The van der Waals surface area contributed by atoms with E-state index < -0.39 is 11.6 Å². The minimum Gasteiger partial charge on any atom is -0.207 e. The Kier molecular flexibility index (Phi) is 4.72. The molecule has 0 radical (unpaired) electrons. The minimum absolute atomic E-state index is 0.0964. The van der Waals surface area contributed by atoms with Crippen molar-refractivity contribution < 1.29 is 8.78 Å². The van der Waals surface area contributed by atoms with Gasteiger partial charge in [-0.05, 0) is 58.8 Å². The summed E-state index contributed by atoms with van der Waals surface area (Å²) in [7, 11) is 0. The lowest BCUT2D eigenvalue weighted by molar-refractivity contribution is 0.554. The van der Waals surface area contributed by atoms with Gasteiger partial charge in [0.1, 0.15) is 11.6 Å². The standard InChI is InChI=1S/C14H10BrF2I/c15-12(9-4-6-10(18)7-5-9)8-11-13(16)2-1-3-14(11)17/h1-7,12H,8H2. The van der Waals surface area contributed by atoms with Crippen molar-refractivity contribution in [3.05, 3.63) is 68.8 Å². The van der Waals surface area contributed by atoms with E-state index in [0.717, 1.165) is 9.13 Å². The maximum Gasteiger partial charge on any atom is 0.129 e. The van der Waals surface area contributed by atoms with Crippen LogP contribution in [0.1, 0.15) is 16.0 Å². The molecule has 0 N–H and O–H groups in total. The zero-order valence-electron chi connectivity index (χ0n) is 9.34. The van der Waals surface area contributed by atoms with E-state index in [4.69, 9.17) is 0 Å². The Morgan fingerprint density at radius 2 is 1.56 bits per heavy atom. The van der Waals surface area contributed by atoms with Crippen molar-refractivity contribution in [3.63, 3.8) is 0 Å². The first kappa shape index (κ1) is 13.9. The third-order valence-corrected chi connectivity index (χ3v) is 4.25. The van der Waals surface area contributed by atoms with Crippen LogP contribution >= 0.6 is 38.5 Å². The molecule has 0 aliphatic carbocycles. The number of rotatable bonds is 3. The first-order valence-electron chi connectivity index (χ1n) is 5.40. The fourth-order valence-electron chi connectivity index (χ4n) is 1.70. The average molecular weight is 423 g/mol. The van der Waals surface area contributed by atoms with Crippen molar-refractivity contribution in [2.75, 3.05) is 0 Å². The van der Waals surface area contributed by atoms with Crippen LogP contribution in [-0.2, 0) is 6.42 Å². The van der Waals surface area contributed by atoms with Gasteiger partial charge in [-0.15, -0.1) is 0 Å². The number of hydrogen-bond donors (Lipinski definition) is 0. The van der Waals surface area contributed by atoms with E-state index >= 15 is 0 Å². The summed E-state index contributed by atoms with van der Waals surface area (Å²) in [6.45, 7) is 0. The van der Waals surface area contributed by atoms with Crippen LogP contribution in [0.3, 0.4) is 0 Å². The van der Waals surface area contributed by atoms with Crippen molar-refractivity contribution in [3.8, 4) is 0 Å². The lowest BCUT2D eigenvalue weighted by Crippen LogP contribution is -2.01. The molecular weight excluding hydrogens is 413 g/mol. The molecule has 0 fully saturated rings. The van der Waals surface area contributed by atoms with Gasteiger partial charge in [-0.3, -0.25) is 0 Å². The van der Waals surface area contributed by atoms with E-state index in [-0.39, 0.29) is 10.4 Å². The SMILES string of the molecule is Fc1cccc(F)c1CC(Br)c1ccc(I)cc1. The molecule has 0 spiro atoms. The molecule has 1 unspecified atom stereocenters. The van der Waals surface area contributed by atoms with E-state index in [2.05, 4.69) is 38.5 Å². The highest BCUT2D eigenvalue weighted by Crippen LogP contribution is 2.29. The molecule has 94 valence electrons. The van der Waals surface area contributed by atoms with Crippen LogP contribution in [0.4, 0.5) is 8.78 Å². The Morgan fingerprint density at radius 1 is 1.00 bits per heavy atom. The second-order valence-electron chi connectivity index (χ2n) is 3.92. The summed E-state index contributed by atoms with van der Waals surface area (Å²) in [6, 6.07) is 11.8. The topological polar surface area (TPSA) is 0 Å². The average Bonchev–Trinajstić information content (AvgIpc) is 2.34. The Bertz CT molecular complexity index is 520. The fourth-order valence-corrected chi connectivity index (χ4v) is 2.68. The van der Waals surface area contributed by atoms with Crippen molar-refractivity contribution in [1.82, 2.24) is 0 Å². The Labute approximate surface area is 127 Å². The predicted octanol–water partition coefficient (Wildman–Crippen LogP) is 5.25. The van der Waals surface area contributed by atoms with Gasteiger partial charge in [0, 0.05) is 14.0 Å². The number of alkyl halides is 1. The molecule has 1 atom stereocenters. The Balaban J connectivity index is 2.21. The van der Waals surface area contributed by atoms with E-state index in [1.165, 1.54) is 18.2 Å². The Morgan fingerprint density at radius 3 is 2.11 bits per heavy atom. The maximum atomic E-state index is 13.5. The summed E-state index contributed by atoms with van der Waals surface area (Å²) in [5, 5.41) is 0. The largest absolute Gasteiger partial charge is 0.207 e. The van der Waals surface area contributed by atoms with E-state index in [0.29, 0.717) is 6.42 Å². The van der Waals surface area contributed by atoms with Gasteiger partial charge in [0.2, 0.25) is 0 Å². The normalized spacial score (nSPS) is 12.4. The molecular formula is C14H10BrF2I. The van der Waals surface area contributed by atoms with Crippen molar-refractivity contribution in [2.24, 2.45) is 0 Å². The molecule has 0 nitrogen and oxygen atoms in total. The molecule has 0 bridgehead atoms. The minimum atomic E-state index is -0.495. The lowest BCUT2D eigenvalue weighted by atomic mass is 10.0. The molecule has 0 aliphatic rings. The van der Waals surface area contributed by atoms with Gasteiger partial charge >= 0.3 is 0 Å². The summed E-state index contributed by atoms with van der Waals surface area (Å²) < 4.78 is 28.2. The molecule has 2 rings (SSSR count). The molecule has 2 aromatic carbocycles. The second kappa shape index (κ2) is 6.10. The molecule has 18 heavy (non-hydrogen) atoms. The molecule has 0 heterocycles. The fraction of sp³-hybridized carbons (Fsp3) is 0.143. The molecule has 2 aromatic rings. The van der Waals surface area contributed by atoms with E-state index in [9.17, 15) is 8.78 Å². The Hall–Kier alpha value is -0.490. The van der Waals surface area contributed by atoms with Gasteiger partial charge in [0.15, 0.2) is 0 Å². The van der Waals surface area contributed by atoms with Crippen molar-refractivity contribution in [2.45, 2.75) is 11.2 Å². The van der Waals surface area contributed by atoms with Crippen LogP contribution in [0.2, 0.25) is 0 Å². The summed E-state index contributed by atoms with van der Waals surface area (Å²) in [5.41, 5.74) is 1.14. The van der Waals surface area contributed by atoms with Crippen LogP contribution in [0.15, 0.2) is 42.5 Å². The van der Waals surface area contributed by atoms with Gasteiger partial charge in [0.05, 0.1) is 0 Å². The van der Waals surface area contributed by atoms with E-state index in [1.54, 1.807) is 0 Å². The van der Waals surface area contributed by atoms with Crippen molar-refractivity contribution in [1.29, 1.82) is 0 Å². The zero-order valence-corrected chi connectivity index (χ0v) is 13.1. The highest BCUT2D eigenvalue weighted by Gasteiger charge is 2.14. The first-order valence-corrected chi connectivity index (χ1v) is 7.40. The van der Waals surface area contributed by atoms with Crippen LogP contribution in [0, 0.1) is 15.2 Å². The zero-order chi connectivity index (χ0) is 13.1. The molecule has 4 heteroatoms. The smallest absolute Gasteiger partial charge is 0.129 e. The van der Waals surface area contributed by atoms with Gasteiger partial charge < -0.3 is 0 Å². The summed E-state index contributed by atoms with van der Waals surface area (Å²) in [4.78, 5) is -0.0964. The maximum absolute atomic E-state index is 13.5. The molecule has 0 amide bonds. The summed E-state index contributed by atoms with van der Waals surface area (Å²) >= 11 is 5.70. The van der Waals surface area contributed by atoms with E-state index in [1.807, 2.05) is 24.3 Å². The highest BCUT2D eigenvalue weighted by atomic mass is 127. The van der Waals surface area contributed by atoms with Gasteiger partial charge in [-0.25, -0.2) is 8.78 Å². The predicted molar refractivity (Wildman–Crippen MR) is 80.9 cm³/mol. The van der Waals surface area contributed by atoms with Crippen LogP contribution < -0.4 is 0 Å². The molecule has 0 aromatic heterocycles. The molecule has 0 saturated heterocycles. The van der Waals surface area contributed by atoms with Crippen LogP contribution in [0.5, 0.6) is 0 Å². The van der Waals surface area contributed by atoms with Gasteiger partial charge in [-0.1, -0.05) is 34.1 Å². The quantitative estimate of drug-likeness (QED) is 0.468. The van der Waals surface area contributed by atoms with Crippen LogP contribution in [0.25, 0.3) is 0 Å². The third kappa shape index (κ3) is 3.29. The number of halogens is 4. The van der Waals surface area contributed by atoms with Gasteiger partial charge in [0.25, 0.3) is 0 Å². The number of benzene rings is 2. The summed E-state index contributed by atoms with van der Waals surface area (Å²) in [5.74, 6) is -0.991. The van der Waals surface area contributed by atoms with Crippen molar-refractivity contribution >= 4 is 38.5 Å².